The zero-order chi connectivity index (χ0) is 20.1. The van der Waals surface area contributed by atoms with Crippen molar-refractivity contribution < 1.29 is 13.9 Å². The van der Waals surface area contributed by atoms with Gasteiger partial charge >= 0.3 is 0 Å². The molecule has 0 aliphatic rings. The quantitative estimate of drug-likeness (QED) is 0.536. The second-order valence-corrected chi connectivity index (χ2v) is 6.36. The summed E-state index contributed by atoms with van der Waals surface area (Å²) in [6.45, 7) is 0. The number of ether oxygens (including phenoxy) is 1. The standard InChI is InChI=1S/C23H19N3O3/c1-28-19-14-8-13-18(15-19)21(27)24-20(16-9-4-2-5-10-16)23-26-25-22(29-23)17-11-6-3-7-12-17/h2-15,20H,1H3,(H,24,27). The topological polar surface area (TPSA) is 77.2 Å². The van der Waals surface area contributed by atoms with Gasteiger partial charge in [0.2, 0.25) is 11.8 Å². The van der Waals surface area contributed by atoms with E-state index >= 15 is 0 Å². The van der Waals surface area contributed by atoms with Crippen LogP contribution in [0.15, 0.2) is 89.3 Å². The van der Waals surface area contributed by atoms with Crippen LogP contribution in [0.1, 0.15) is 27.9 Å². The zero-order valence-corrected chi connectivity index (χ0v) is 15.8. The Morgan fingerprint density at radius 2 is 1.66 bits per heavy atom. The fourth-order valence-corrected chi connectivity index (χ4v) is 2.96. The number of benzene rings is 3. The van der Waals surface area contributed by atoms with Gasteiger partial charge in [0.1, 0.15) is 11.8 Å². The van der Waals surface area contributed by atoms with E-state index in [1.54, 1.807) is 31.4 Å². The molecule has 0 saturated carbocycles. The molecule has 1 aromatic heterocycles. The largest absolute Gasteiger partial charge is 0.497 e. The normalized spacial score (nSPS) is 11.6. The number of nitrogens with zero attached hydrogens (tertiary/aromatic N) is 2. The summed E-state index contributed by atoms with van der Waals surface area (Å²) in [4.78, 5) is 12.9. The number of carbonyl (C=O) groups excluding carboxylic acids is 1. The molecule has 0 spiro atoms. The van der Waals surface area contributed by atoms with E-state index in [1.807, 2.05) is 60.7 Å². The Morgan fingerprint density at radius 3 is 2.38 bits per heavy atom. The molecule has 1 amide bonds. The first kappa shape index (κ1) is 18.4. The second-order valence-electron chi connectivity index (χ2n) is 6.36. The molecule has 144 valence electrons. The molecule has 1 unspecified atom stereocenters. The summed E-state index contributed by atoms with van der Waals surface area (Å²) in [7, 11) is 1.56. The molecular weight excluding hydrogens is 366 g/mol. The van der Waals surface area contributed by atoms with Crippen LogP contribution in [0.5, 0.6) is 5.75 Å². The molecule has 1 heterocycles. The molecule has 1 atom stereocenters. The molecular formula is C23H19N3O3. The summed E-state index contributed by atoms with van der Waals surface area (Å²) >= 11 is 0. The minimum absolute atomic E-state index is 0.266. The van der Waals surface area contributed by atoms with Gasteiger partial charge in [0.05, 0.1) is 7.11 Å². The van der Waals surface area contributed by atoms with Gasteiger partial charge in [-0.1, -0.05) is 54.6 Å². The molecule has 29 heavy (non-hydrogen) atoms. The van der Waals surface area contributed by atoms with Gasteiger partial charge in [0.25, 0.3) is 5.91 Å². The Balaban J connectivity index is 1.66. The Hall–Kier alpha value is -3.93. The van der Waals surface area contributed by atoms with E-state index in [9.17, 15) is 4.79 Å². The molecule has 6 nitrogen and oxygen atoms in total. The van der Waals surface area contributed by atoms with Crippen LogP contribution in [-0.2, 0) is 0 Å². The molecule has 0 aliphatic heterocycles. The third-order valence-electron chi connectivity index (χ3n) is 4.45. The Morgan fingerprint density at radius 1 is 0.931 bits per heavy atom. The summed E-state index contributed by atoms with van der Waals surface area (Å²) in [5, 5.41) is 11.3. The SMILES string of the molecule is COc1cccc(C(=O)NC(c2ccccc2)c2nnc(-c3ccccc3)o2)c1. The van der Waals surface area contributed by atoms with Crippen molar-refractivity contribution in [3.63, 3.8) is 0 Å². The van der Waals surface area contributed by atoms with E-state index in [0.29, 0.717) is 23.1 Å². The number of nitrogens with one attached hydrogen (secondary N) is 1. The number of amides is 1. The van der Waals surface area contributed by atoms with Gasteiger partial charge in [-0.15, -0.1) is 10.2 Å². The van der Waals surface area contributed by atoms with Gasteiger partial charge in [0.15, 0.2) is 0 Å². The molecule has 0 bridgehead atoms. The summed E-state index contributed by atoms with van der Waals surface area (Å²) in [5.74, 6) is 1.05. The van der Waals surface area contributed by atoms with E-state index in [1.165, 1.54) is 0 Å². The lowest BCUT2D eigenvalue weighted by Crippen LogP contribution is -2.29. The van der Waals surface area contributed by atoms with Gasteiger partial charge in [-0.2, -0.15) is 0 Å². The lowest BCUT2D eigenvalue weighted by molar-refractivity contribution is 0.0937. The van der Waals surface area contributed by atoms with E-state index in [4.69, 9.17) is 9.15 Å². The lowest BCUT2D eigenvalue weighted by Gasteiger charge is -2.16. The molecule has 3 aromatic carbocycles. The molecule has 0 radical (unpaired) electrons. The van der Waals surface area contributed by atoms with Crippen LogP contribution in [0.4, 0.5) is 0 Å². The van der Waals surface area contributed by atoms with Crippen LogP contribution < -0.4 is 10.1 Å². The van der Waals surface area contributed by atoms with Crippen molar-refractivity contribution in [2.45, 2.75) is 6.04 Å². The Bertz CT molecular complexity index is 1090. The van der Waals surface area contributed by atoms with Crippen molar-refractivity contribution in [1.82, 2.24) is 15.5 Å². The summed E-state index contributed by atoms with van der Waals surface area (Å²) < 4.78 is 11.1. The summed E-state index contributed by atoms with van der Waals surface area (Å²) in [6, 6.07) is 25.4. The first-order valence-electron chi connectivity index (χ1n) is 9.13. The minimum atomic E-state index is -0.583. The van der Waals surface area contributed by atoms with Crippen molar-refractivity contribution in [3.05, 3.63) is 102 Å². The van der Waals surface area contributed by atoms with Crippen molar-refractivity contribution in [1.29, 1.82) is 0 Å². The maximum absolute atomic E-state index is 12.9. The van der Waals surface area contributed by atoms with Crippen LogP contribution in [0.2, 0.25) is 0 Å². The minimum Gasteiger partial charge on any atom is -0.497 e. The number of rotatable bonds is 6. The number of hydrogen-bond acceptors (Lipinski definition) is 5. The third-order valence-corrected chi connectivity index (χ3v) is 4.45. The van der Waals surface area contributed by atoms with Crippen LogP contribution in [0.3, 0.4) is 0 Å². The van der Waals surface area contributed by atoms with Crippen LogP contribution in [0.25, 0.3) is 11.5 Å². The van der Waals surface area contributed by atoms with E-state index in [-0.39, 0.29) is 5.91 Å². The highest BCUT2D eigenvalue weighted by molar-refractivity contribution is 5.95. The predicted molar refractivity (Wildman–Crippen MR) is 108 cm³/mol. The predicted octanol–water partition coefficient (Wildman–Crippen LogP) is 4.26. The first-order valence-corrected chi connectivity index (χ1v) is 9.13. The highest BCUT2D eigenvalue weighted by atomic mass is 16.5. The fourth-order valence-electron chi connectivity index (χ4n) is 2.96. The highest BCUT2D eigenvalue weighted by Crippen LogP contribution is 2.25. The first-order chi connectivity index (χ1) is 14.2. The second kappa shape index (κ2) is 8.39. The Kier molecular flexibility index (Phi) is 5.33. The number of carbonyl (C=O) groups is 1. The molecule has 0 saturated heterocycles. The van der Waals surface area contributed by atoms with Crippen LogP contribution in [0, 0.1) is 0 Å². The number of hydrogen-bond donors (Lipinski definition) is 1. The van der Waals surface area contributed by atoms with Crippen molar-refractivity contribution in [2.75, 3.05) is 7.11 Å². The summed E-state index contributed by atoms with van der Waals surface area (Å²) in [5.41, 5.74) is 2.14. The van der Waals surface area contributed by atoms with Crippen molar-refractivity contribution in [2.24, 2.45) is 0 Å². The monoisotopic (exact) mass is 385 g/mol. The molecule has 0 aliphatic carbocycles. The highest BCUT2D eigenvalue weighted by Gasteiger charge is 2.24. The molecule has 4 rings (SSSR count). The van der Waals surface area contributed by atoms with E-state index in [0.717, 1.165) is 11.1 Å². The Labute approximate surface area is 168 Å². The zero-order valence-electron chi connectivity index (χ0n) is 15.8. The fraction of sp³-hybridized carbons (Fsp3) is 0.0870. The van der Waals surface area contributed by atoms with Gasteiger partial charge in [-0.25, -0.2) is 0 Å². The maximum atomic E-state index is 12.9. The number of methoxy groups -OCH3 is 1. The average Bonchev–Trinajstić information content (AvgIpc) is 3.28. The lowest BCUT2D eigenvalue weighted by atomic mass is 10.1. The summed E-state index contributed by atoms with van der Waals surface area (Å²) in [6.07, 6.45) is 0. The van der Waals surface area contributed by atoms with Gasteiger partial charge < -0.3 is 14.5 Å². The molecule has 1 N–H and O–H groups in total. The molecule has 6 heteroatoms. The van der Waals surface area contributed by atoms with Crippen LogP contribution in [-0.4, -0.2) is 23.2 Å². The van der Waals surface area contributed by atoms with E-state index < -0.39 is 6.04 Å². The van der Waals surface area contributed by atoms with Crippen molar-refractivity contribution >= 4 is 5.91 Å². The van der Waals surface area contributed by atoms with Crippen molar-refractivity contribution in [3.8, 4) is 17.2 Å². The van der Waals surface area contributed by atoms with Crippen LogP contribution >= 0.6 is 0 Å². The molecule has 4 aromatic rings. The smallest absolute Gasteiger partial charge is 0.252 e. The van der Waals surface area contributed by atoms with Gasteiger partial charge in [-0.05, 0) is 35.9 Å². The van der Waals surface area contributed by atoms with E-state index in [2.05, 4.69) is 15.5 Å². The molecule has 0 fully saturated rings. The van der Waals surface area contributed by atoms with Gasteiger partial charge in [-0.3, -0.25) is 4.79 Å². The average molecular weight is 385 g/mol. The van der Waals surface area contributed by atoms with Gasteiger partial charge in [0, 0.05) is 11.1 Å². The number of aromatic nitrogens is 2. The maximum Gasteiger partial charge on any atom is 0.252 e. The third kappa shape index (κ3) is 4.16.